The molecule has 3 aliphatic rings. The minimum Gasteiger partial charge on any atom is -0.508 e. The first-order valence-corrected chi connectivity index (χ1v) is 13.9. The first-order valence-electron chi connectivity index (χ1n) is 13.9. The molecule has 14 heteroatoms. The van der Waals surface area contributed by atoms with Gasteiger partial charge in [-0.15, -0.1) is 13.2 Å². The molecule has 0 heterocycles. The van der Waals surface area contributed by atoms with Crippen LogP contribution in [0.5, 0.6) is 11.5 Å². The standard InChI is InChI=1S/C31H32F3N3O8/c1-35-29(43)22-26(40)23(37(4)5)18-11-14-10-17-19(36(2)3)12-16(13-6-8-15(9-7-13)45-31(32,33)34)24(38)21(17)25(39)20(14)27(41)30(18,44)28(22)42/h6-9,12,14,18,23,38-39,42,44H,10-11H2,1-5H3,(H,35,43)/t14-,18-,23-,30-/m0/s1. The van der Waals surface area contributed by atoms with Gasteiger partial charge < -0.3 is 35.4 Å². The van der Waals surface area contributed by atoms with Crippen molar-refractivity contribution in [1.82, 2.24) is 10.2 Å². The molecule has 11 nitrogen and oxygen atoms in total. The van der Waals surface area contributed by atoms with E-state index in [4.69, 9.17) is 0 Å². The molecule has 5 N–H and O–H groups in total. The molecule has 2 aromatic rings. The molecular formula is C31H32F3N3O8. The number of aromatic hydroxyl groups is 1. The van der Waals surface area contributed by atoms with Crippen molar-refractivity contribution < 1.29 is 52.7 Å². The summed E-state index contributed by atoms with van der Waals surface area (Å²) in [6.07, 6.45) is -4.86. The molecule has 3 aliphatic carbocycles. The molecule has 240 valence electrons. The Morgan fingerprint density at radius 2 is 1.69 bits per heavy atom. The second-order valence-corrected chi connectivity index (χ2v) is 11.8. The van der Waals surface area contributed by atoms with Gasteiger partial charge in [0.15, 0.2) is 11.4 Å². The van der Waals surface area contributed by atoms with Crippen LogP contribution in [0.2, 0.25) is 0 Å². The van der Waals surface area contributed by atoms with Crippen LogP contribution in [-0.4, -0.2) is 96.0 Å². The number of hydrogen-bond donors (Lipinski definition) is 5. The minimum absolute atomic E-state index is 0.0448. The van der Waals surface area contributed by atoms with Crippen LogP contribution in [0.25, 0.3) is 16.9 Å². The van der Waals surface area contributed by atoms with Crippen molar-refractivity contribution >= 4 is 28.9 Å². The van der Waals surface area contributed by atoms with E-state index in [0.717, 1.165) is 12.1 Å². The van der Waals surface area contributed by atoms with Crippen LogP contribution < -0.4 is 15.0 Å². The van der Waals surface area contributed by atoms with Gasteiger partial charge in [0, 0.05) is 43.9 Å². The van der Waals surface area contributed by atoms with Gasteiger partial charge in [0.05, 0.1) is 11.6 Å². The molecule has 0 spiro atoms. The van der Waals surface area contributed by atoms with Crippen molar-refractivity contribution in [1.29, 1.82) is 0 Å². The summed E-state index contributed by atoms with van der Waals surface area (Å²) in [6.45, 7) is 0. The predicted molar refractivity (Wildman–Crippen MR) is 156 cm³/mol. The van der Waals surface area contributed by atoms with Crippen molar-refractivity contribution in [2.24, 2.45) is 11.8 Å². The number of ketones is 2. The molecule has 0 radical (unpaired) electrons. The van der Waals surface area contributed by atoms with Gasteiger partial charge in [0.25, 0.3) is 5.91 Å². The zero-order valence-electron chi connectivity index (χ0n) is 25.0. The maximum atomic E-state index is 14.2. The molecule has 1 saturated carbocycles. The molecule has 5 rings (SSSR count). The Morgan fingerprint density at radius 1 is 1.07 bits per heavy atom. The van der Waals surface area contributed by atoms with Gasteiger partial charge in [-0.05, 0) is 62.2 Å². The smallest absolute Gasteiger partial charge is 0.508 e. The number of halogens is 3. The van der Waals surface area contributed by atoms with E-state index in [9.17, 15) is 48.0 Å². The fraction of sp³-hybridized carbons (Fsp3) is 0.387. The highest BCUT2D eigenvalue weighted by Gasteiger charge is 2.64. The minimum atomic E-state index is -4.90. The van der Waals surface area contributed by atoms with Crippen LogP contribution in [0.4, 0.5) is 18.9 Å². The molecule has 0 unspecified atom stereocenters. The lowest BCUT2D eigenvalue weighted by Gasteiger charge is -2.50. The fourth-order valence-corrected chi connectivity index (χ4v) is 6.85. The van der Waals surface area contributed by atoms with Gasteiger partial charge in [-0.1, -0.05) is 12.1 Å². The number of anilines is 1. The van der Waals surface area contributed by atoms with Gasteiger partial charge in [-0.25, -0.2) is 0 Å². The van der Waals surface area contributed by atoms with Crippen molar-refractivity contribution in [3.05, 3.63) is 58.4 Å². The third-order valence-electron chi connectivity index (χ3n) is 8.79. The first-order chi connectivity index (χ1) is 20.9. The quantitative estimate of drug-likeness (QED) is 0.311. The number of aliphatic hydroxyl groups is 3. The molecule has 45 heavy (non-hydrogen) atoms. The van der Waals surface area contributed by atoms with E-state index in [2.05, 4.69) is 10.1 Å². The van der Waals surface area contributed by atoms with E-state index in [1.165, 1.54) is 24.1 Å². The van der Waals surface area contributed by atoms with E-state index >= 15 is 0 Å². The third kappa shape index (κ3) is 4.88. The second kappa shape index (κ2) is 10.8. The monoisotopic (exact) mass is 631 g/mol. The predicted octanol–water partition coefficient (Wildman–Crippen LogP) is 2.86. The average molecular weight is 632 g/mol. The maximum absolute atomic E-state index is 14.2. The third-order valence-corrected chi connectivity index (χ3v) is 8.79. The number of phenolic OH excluding ortho intramolecular Hbond substituents is 1. The van der Waals surface area contributed by atoms with E-state index in [0.29, 0.717) is 11.3 Å². The number of phenols is 1. The average Bonchev–Trinajstić information content (AvgIpc) is 2.94. The largest absolute Gasteiger partial charge is 0.573 e. The summed E-state index contributed by atoms with van der Waals surface area (Å²) in [6, 6.07) is 5.15. The highest BCUT2D eigenvalue weighted by atomic mass is 19.4. The number of carbonyl (C=O) groups excluding carboxylic acids is 3. The van der Waals surface area contributed by atoms with Crippen LogP contribution in [0.1, 0.15) is 17.5 Å². The Labute approximate surface area is 255 Å². The second-order valence-electron chi connectivity index (χ2n) is 11.8. The number of benzene rings is 2. The Morgan fingerprint density at radius 3 is 2.22 bits per heavy atom. The SMILES string of the molecule is CNC(=O)C1=C(O)[C@@]2(O)C(=O)C3=C(O)c4c(O)c(-c5ccc(OC(F)(F)F)cc5)cc(N(C)C)c4C[C@H]3C[C@H]2[C@H](N(C)C)C1=O. The number of aliphatic hydroxyl groups excluding tert-OH is 2. The number of hydrogen-bond acceptors (Lipinski definition) is 10. The van der Waals surface area contributed by atoms with E-state index in [1.54, 1.807) is 39.2 Å². The maximum Gasteiger partial charge on any atom is 0.573 e. The molecule has 1 fully saturated rings. The van der Waals surface area contributed by atoms with Gasteiger partial charge in [-0.2, -0.15) is 0 Å². The van der Waals surface area contributed by atoms with Crippen LogP contribution in [0.15, 0.2) is 47.2 Å². The number of fused-ring (bicyclic) bond motifs is 3. The molecule has 1 amide bonds. The van der Waals surface area contributed by atoms with Crippen LogP contribution >= 0.6 is 0 Å². The number of carbonyl (C=O) groups is 3. The summed E-state index contributed by atoms with van der Waals surface area (Å²) in [5.41, 5.74) is -2.54. The molecule has 0 aliphatic heterocycles. The van der Waals surface area contributed by atoms with Crippen molar-refractivity contribution in [3.8, 4) is 22.6 Å². The van der Waals surface area contributed by atoms with Gasteiger partial charge >= 0.3 is 6.36 Å². The molecule has 0 bridgehead atoms. The summed E-state index contributed by atoms with van der Waals surface area (Å²) in [5, 5.41) is 48.5. The number of rotatable bonds is 5. The highest BCUT2D eigenvalue weighted by molar-refractivity contribution is 6.25. The Hall–Kier alpha value is -4.56. The van der Waals surface area contributed by atoms with E-state index < -0.39 is 75.9 Å². The van der Waals surface area contributed by atoms with Crippen LogP contribution in [0, 0.1) is 11.8 Å². The highest BCUT2D eigenvalue weighted by Crippen LogP contribution is 2.55. The summed E-state index contributed by atoms with van der Waals surface area (Å²) in [5.74, 6) is -7.54. The zero-order valence-corrected chi connectivity index (χ0v) is 25.0. The van der Waals surface area contributed by atoms with E-state index in [1.807, 2.05) is 0 Å². The fourth-order valence-electron chi connectivity index (χ4n) is 6.85. The van der Waals surface area contributed by atoms with E-state index in [-0.39, 0.29) is 35.1 Å². The first kappa shape index (κ1) is 31.9. The van der Waals surface area contributed by atoms with Crippen molar-refractivity contribution in [3.63, 3.8) is 0 Å². The summed E-state index contributed by atoms with van der Waals surface area (Å²) in [7, 11) is 7.73. The lowest BCUT2D eigenvalue weighted by Crippen LogP contribution is -2.65. The van der Waals surface area contributed by atoms with Gasteiger partial charge in [-0.3, -0.25) is 19.3 Å². The number of Topliss-reactive ketones (excluding diaryl/α,β-unsaturated/α-hetero) is 2. The van der Waals surface area contributed by atoms with Crippen LogP contribution in [0.3, 0.4) is 0 Å². The van der Waals surface area contributed by atoms with Gasteiger partial charge in [0.1, 0.15) is 28.6 Å². The lowest BCUT2D eigenvalue weighted by molar-refractivity contribution is -0.274. The Bertz CT molecular complexity index is 1680. The van der Waals surface area contributed by atoms with Crippen LogP contribution in [-0.2, 0) is 20.8 Å². The lowest BCUT2D eigenvalue weighted by atomic mass is 9.57. The molecule has 4 atom stereocenters. The molecule has 2 aromatic carbocycles. The number of amides is 1. The Kier molecular flexibility index (Phi) is 7.65. The molecule has 0 aromatic heterocycles. The van der Waals surface area contributed by atoms with Crippen molar-refractivity contribution in [2.75, 3.05) is 40.1 Å². The number of alkyl halides is 3. The summed E-state index contributed by atoms with van der Waals surface area (Å²) < 4.78 is 42.0. The number of likely N-dealkylation sites (N-methyl/N-ethyl adjacent to an activating group) is 2. The number of nitrogens with zero attached hydrogens (tertiary/aromatic N) is 2. The zero-order chi connectivity index (χ0) is 33.3. The number of nitrogens with one attached hydrogen (secondary N) is 1. The molecular weight excluding hydrogens is 599 g/mol. The summed E-state index contributed by atoms with van der Waals surface area (Å²) in [4.78, 5) is 43.4. The Balaban J connectivity index is 1.71. The topological polar surface area (TPSA) is 160 Å². The number of ether oxygens (including phenoxy) is 1. The van der Waals surface area contributed by atoms with Crippen molar-refractivity contribution in [2.45, 2.75) is 30.8 Å². The normalized spacial score (nSPS) is 24.7. The van der Waals surface area contributed by atoms with Gasteiger partial charge in [0.2, 0.25) is 5.78 Å². The molecule has 0 saturated heterocycles. The summed E-state index contributed by atoms with van der Waals surface area (Å²) >= 11 is 0.